The Kier molecular flexibility index (Phi) is 5.35. The van der Waals surface area contributed by atoms with Crippen LogP contribution >= 0.6 is 47.8 Å². The number of carbonyl (C=O) groups is 1. The number of Topliss-reactive ketones (excluding diaryl/α,β-unsaturated/α-hetero) is 1. The van der Waals surface area contributed by atoms with Crippen LogP contribution in [0.5, 0.6) is 5.75 Å². The number of rotatable bonds is 4. The molecular weight excluding hydrogens is 454 g/mol. The molecule has 6 heteroatoms. The van der Waals surface area contributed by atoms with Crippen LogP contribution in [-0.2, 0) is 6.42 Å². The molecule has 104 valence electrons. The Balaban J connectivity index is 2.27. The first-order valence-corrected chi connectivity index (χ1v) is 8.06. The molecular formula is C14H10Br3NO2. The lowest BCUT2D eigenvalue weighted by Crippen LogP contribution is -2.07. The number of ether oxygens (including phenoxy) is 1. The standard InChI is InChI=1S/C14H10Br3NO2/c1-20-10-2-3-11(16)8(4-10)5-13(19)14-12(17)6-9(15)7-18-14/h2-4,6-7H,5H2,1H3. The molecule has 3 nitrogen and oxygen atoms in total. The van der Waals surface area contributed by atoms with Gasteiger partial charge in [-0.15, -0.1) is 0 Å². The molecule has 1 heterocycles. The van der Waals surface area contributed by atoms with Gasteiger partial charge < -0.3 is 4.74 Å². The van der Waals surface area contributed by atoms with Crippen LogP contribution in [-0.4, -0.2) is 17.9 Å². The number of nitrogens with zero attached hydrogens (tertiary/aromatic N) is 1. The molecule has 0 saturated heterocycles. The third-order valence-electron chi connectivity index (χ3n) is 2.68. The van der Waals surface area contributed by atoms with E-state index >= 15 is 0 Å². The van der Waals surface area contributed by atoms with Crippen LogP contribution in [0.4, 0.5) is 0 Å². The van der Waals surface area contributed by atoms with Gasteiger partial charge in [-0.05, 0) is 61.7 Å². The minimum Gasteiger partial charge on any atom is -0.497 e. The van der Waals surface area contributed by atoms with E-state index in [0.717, 1.165) is 20.3 Å². The summed E-state index contributed by atoms with van der Waals surface area (Å²) in [5, 5.41) is 0. The van der Waals surface area contributed by atoms with E-state index in [1.54, 1.807) is 19.4 Å². The van der Waals surface area contributed by atoms with Gasteiger partial charge in [0.1, 0.15) is 11.4 Å². The molecule has 0 aliphatic heterocycles. The Morgan fingerprint density at radius 2 is 1.95 bits per heavy atom. The Bertz CT molecular complexity index is 659. The van der Waals surface area contributed by atoms with Crippen molar-refractivity contribution in [3.05, 3.63) is 55.1 Å². The molecule has 0 radical (unpaired) electrons. The first-order chi connectivity index (χ1) is 9.51. The smallest absolute Gasteiger partial charge is 0.186 e. The van der Waals surface area contributed by atoms with Gasteiger partial charge in [0.25, 0.3) is 0 Å². The fraction of sp³-hybridized carbons (Fsp3) is 0.143. The van der Waals surface area contributed by atoms with Crippen LogP contribution in [0.3, 0.4) is 0 Å². The molecule has 2 aromatic rings. The molecule has 0 aliphatic rings. The first-order valence-electron chi connectivity index (χ1n) is 5.68. The summed E-state index contributed by atoms with van der Waals surface area (Å²) in [6, 6.07) is 7.35. The number of benzene rings is 1. The maximum absolute atomic E-state index is 12.3. The maximum atomic E-state index is 12.3. The Labute approximate surface area is 142 Å². The molecule has 0 atom stereocenters. The van der Waals surface area contributed by atoms with Crippen molar-refractivity contribution in [2.45, 2.75) is 6.42 Å². The average molecular weight is 464 g/mol. The molecule has 0 unspecified atom stereocenters. The van der Waals surface area contributed by atoms with Crippen LogP contribution in [0, 0.1) is 0 Å². The fourth-order valence-corrected chi connectivity index (χ4v) is 3.29. The van der Waals surface area contributed by atoms with E-state index < -0.39 is 0 Å². The predicted molar refractivity (Wildman–Crippen MR) is 88.4 cm³/mol. The van der Waals surface area contributed by atoms with Gasteiger partial charge in [0.2, 0.25) is 0 Å². The van der Waals surface area contributed by atoms with Crippen molar-refractivity contribution in [3.8, 4) is 5.75 Å². The summed E-state index contributed by atoms with van der Waals surface area (Å²) in [6.45, 7) is 0. The number of hydrogen-bond acceptors (Lipinski definition) is 3. The van der Waals surface area contributed by atoms with Gasteiger partial charge in [0, 0.05) is 26.0 Å². The molecule has 0 saturated carbocycles. The van der Waals surface area contributed by atoms with E-state index in [-0.39, 0.29) is 12.2 Å². The van der Waals surface area contributed by atoms with Gasteiger partial charge in [-0.3, -0.25) is 9.78 Å². The zero-order chi connectivity index (χ0) is 14.7. The molecule has 1 aromatic carbocycles. The van der Waals surface area contributed by atoms with Crippen LogP contribution in [0.2, 0.25) is 0 Å². The lowest BCUT2D eigenvalue weighted by molar-refractivity contribution is 0.0987. The topological polar surface area (TPSA) is 39.2 Å². The highest BCUT2D eigenvalue weighted by Crippen LogP contribution is 2.25. The van der Waals surface area contributed by atoms with Crippen LogP contribution in [0.25, 0.3) is 0 Å². The van der Waals surface area contributed by atoms with E-state index in [0.29, 0.717) is 10.2 Å². The van der Waals surface area contributed by atoms with Gasteiger partial charge in [-0.25, -0.2) is 0 Å². The first kappa shape index (κ1) is 15.7. The monoisotopic (exact) mass is 461 g/mol. The minimum atomic E-state index is -0.0571. The highest BCUT2D eigenvalue weighted by Gasteiger charge is 2.15. The van der Waals surface area contributed by atoms with Gasteiger partial charge in [-0.2, -0.15) is 0 Å². The summed E-state index contributed by atoms with van der Waals surface area (Å²) < 4.78 is 7.55. The Hall–Kier alpha value is -0.720. The summed E-state index contributed by atoms with van der Waals surface area (Å²) >= 11 is 10.1. The zero-order valence-corrected chi connectivity index (χ0v) is 15.2. The largest absolute Gasteiger partial charge is 0.497 e. The van der Waals surface area contributed by atoms with Crippen molar-refractivity contribution in [2.24, 2.45) is 0 Å². The number of carbonyl (C=O) groups excluding carboxylic acids is 1. The fourth-order valence-electron chi connectivity index (χ4n) is 1.69. The molecule has 0 N–H and O–H groups in total. The number of ketones is 1. The van der Waals surface area contributed by atoms with E-state index in [2.05, 4.69) is 52.8 Å². The van der Waals surface area contributed by atoms with Gasteiger partial charge in [-0.1, -0.05) is 15.9 Å². The Morgan fingerprint density at radius 1 is 1.20 bits per heavy atom. The minimum absolute atomic E-state index is 0.0571. The van der Waals surface area contributed by atoms with Crippen molar-refractivity contribution in [1.82, 2.24) is 4.98 Å². The molecule has 0 aliphatic carbocycles. The summed E-state index contributed by atoms with van der Waals surface area (Å²) in [5.74, 6) is 0.664. The molecule has 2 rings (SSSR count). The lowest BCUT2D eigenvalue weighted by atomic mass is 10.1. The quantitative estimate of drug-likeness (QED) is 0.611. The lowest BCUT2D eigenvalue weighted by Gasteiger charge is -2.07. The molecule has 0 spiro atoms. The highest BCUT2D eigenvalue weighted by atomic mass is 79.9. The number of methoxy groups -OCH3 is 1. The van der Waals surface area contributed by atoms with Crippen LogP contribution < -0.4 is 4.74 Å². The van der Waals surface area contributed by atoms with Crippen molar-refractivity contribution >= 4 is 53.6 Å². The average Bonchev–Trinajstić information content (AvgIpc) is 2.41. The molecule has 20 heavy (non-hydrogen) atoms. The van der Waals surface area contributed by atoms with Gasteiger partial charge in [0.15, 0.2) is 5.78 Å². The van der Waals surface area contributed by atoms with Crippen LogP contribution in [0.15, 0.2) is 43.9 Å². The summed E-state index contributed by atoms with van der Waals surface area (Å²) in [7, 11) is 1.60. The van der Waals surface area contributed by atoms with Crippen molar-refractivity contribution in [3.63, 3.8) is 0 Å². The van der Waals surface area contributed by atoms with E-state index in [1.807, 2.05) is 18.2 Å². The molecule has 1 aromatic heterocycles. The number of halogens is 3. The molecule has 0 amide bonds. The summed E-state index contributed by atoms with van der Waals surface area (Å²) in [5.41, 5.74) is 1.29. The normalized spacial score (nSPS) is 10.4. The van der Waals surface area contributed by atoms with Gasteiger partial charge >= 0.3 is 0 Å². The summed E-state index contributed by atoms with van der Waals surface area (Å²) in [6.07, 6.45) is 1.86. The van der Waals surface area contributed by atoms with E-state index in [9.17, 15) is 4.79 Å². The second-order valence-corrected chi connectivity index (χ2v) is 6.67. The summed E-state index contributed by atoms with van der Waals surface area (Å²) in [4.78, 5) is 16.5. The second kappa shape index (κ2) is 6.83. The Morgan fingerprint density at radius 3 is 2.60 bits per heavy atom. The molecule has 0 bridgehead atoms. The second-order valence-electron chi connectivity index (χ2n) is 4.04. The molecule has 0 fully saturated rings. The highest BCUT2D eigenvalue weighted by molar-refractivity contribution is 9.11. The predicted octanol–water partition coefficient (Wildman–Crippen LogP) is 4.80. The third kappa shape index (κ3) is 3.68. The number of pyridine rings is 1. The zero-order valence-electron chi connectivity index (χ0n) is 10.5. The van der Waals surface area contributed by atoms with E-state index in [4.69, 9.17) is 4.74 Å². The van der Waals surface area contributed by atoms with Gasteiger partial charge in [0.05, 0.1) is 7.11 Å². The SMILES string of the molecule is COc1ccc(Br)c(CC(=O)c2ncc(Br)cc2Br)c1. The number of hydrogen-bond donors (Lipinski definition) is 0. The van der Waals surface area contributed by atoms with Crippen molar-refractivity contribution < 1.29 is 9.53 Å². The van der Waals surface area contributed by atoms with Crippen LogP contribution in [0.1, 0.15) is 16.1 Å². The number of aromatic nitrogens is 1. The van der Waals surface area contributed by atoms with Crippen molar-refractivity contribution in [2.75, 3.05) is 7.11 Å². The van der Waals surface area contributed by atoms with E-state index in [1.165, 1.54) is 0 Å². The third-order valence-corrected chi connectivity index (χ3v) is 4.49. The van der Waals surface area contributed by atoms with Crippen molar-refractivity contribution in [1.29, 1.82) is 0 Å². The maximum Gasteiger partial charge on any atom is 0.186 e.